The Bertz CT molecular complexity index is 508. The maximum atomic E-state index is 5.92. The molecule has 1 aliphatic carbocycles. The van der Waals surface area contributed by atoms with E-state index in [1.54, 1.807) is 0 Å². The number of aromatic nitrogens is 2. The number of ether oxygens (including phenoxy) is 1. The molecule has 3 rings (SSSR count). The fourth-order valence-corrected chi connectivity index (χ4v) is 2.97. The van der Waals surface area contributed by atoms with Gasteiger partial charge in [0, 0.05) is 38.4 Å². The zero-order valence-electron chi connectivity index (χ0n) is 13.7. The second-order valence-electron chi connectivity index (χ2n) is 6.24. The summed E-state index contributed by atoms with van der Waals surface area (Å²) in [7, 11) is 1.94. The lowest BCUT2D eigenvalue weighted by molar-refractivity contribution is -0.00808. The molecule has 1 saturated heterocycles. The smallest absolute Gasteiger partial charge is 0.194 e. The van der Waals surface area contributed by atoms with Crippen molar-refractivity contribution in [3.8, 4) is 0 Å². The van der Waals surface area contributed by atoms with Gasteiger partial charge < -0.3 is 15.0 Å². The van der Waals surface area contributed by atoms with Crippen molar-refractivity contribution in [1.82, 2.24) is 20.0 Å². The number of hydrogen-bond donors (Lipinski definition) is 1. The molecular formula is C16H27N5O. The molecule has 1 unspecified atom stereocenters. The molecule has 0 aromatic carbocycles. The fourth-order valence-electron chi connectivity index (χ4n) is 2.97. The summed E-state index contributed by atoms with van der Waals surface area (Å²) >= 11 is 0. The molecule has 6 nitrogen and oxygen atoms in total. The van der Waals surface area contributed by atoms with Gasteiger partial charge in [0.25, 0.3) is 0 Å². The Kier molecular flexibility index (Phi) is 4.97. The summed E-state index contributed by atoms with van der Waals surface area (Å²) in [5.41, 5.74) is 1.14. The van der Waals surface area contributed by atoms with Gasteiger partial charge in [0.05, 0.1) is 19.3 Å². The molecule has 2 aliphatic rings. The molecule has 0 amide bonds. The molecule has 1 N–H and O–H groups in total. The van der Waals surface area contributed by atoms with Gasteiger partial charge in [-0.2, -0.15) is 5.10 Å². The molecular weight excluding hydrogens is 278 g/mol. The summed E-state index contributed by atoms with van der Waals surface area (Å²) in [5, 5.41) is 7.68. The lowest BCUT2D eigenvalue weighted by Crippen LogP contribution is -2.48. The van der Waals surface area contributed by atoms with Crippen LogP contribution in [-0.4, -0.2) is 53.4 Å². The maximum Gasteiger partial charge on any atom is 0.194 e. The zero-order chi connectivity index (χ0) is 15.4. The Labute approximate surface area is 132 Å². The van der Waals surface area contributed by atoms with E-state index in [1.165, 1.54) is 19.3 Å². The molecule has 1 aromatic heterocycles. The first-order valence-electron chi connectivity index (χ1n) is 8.39. The minimum Gasteiger partial charge on any atom is -0.370 e. The Morgan fingerprint density at radius 1 is 1.50 bits per heavy atom. The molecule has 1 aromatic rings. The van der Waals surface area contributed by atoms with Gasteiger partial charge in [-0.05, 0) is 25.7 Å². The number of hydrogen-bond acceptors (Lipinski definition) is 3. The molecule has 22 heavy (non-hydrogen) atoms. The predicted octanol–water partition coefficient (Wildman–Crippen LogP) is 1.56. The molecule has 122 valence electrons. The minimum absolute atomic E-state index is 0.0787. The van der Waals surface area contributed by atoms with E-state index in [9.17, 15) is 0 Å². The van der Waals surface area contributed by atoms with E-state index < -0.39 is 0 Å². The molecule has 0 spiro atoms. The monoisotopic (exact) mass is 305 g/mol. The molecule has 1 aliphatic heterocycles. The van der Waals surface area contributed by atoms with Crippen LogP contribution in [-0.2, 0) is 11.8 Å². The van der Waals surface area contributed by atoms with E-state index in [-0.39, 0.29) is 6.10 Å². The summed E-state index contributed by atoms with van der Waals surface area (Å²) in [4.78, 5) is 7.17. The van der Waals surface area contributed by atoms with Crippen LogP contribution in [0.1, 0.15) is 37.9 Å². The summed E-state index contributed by atoms with van der Waals surface area (Å²) in [6.45, 7) is 6.44. The van der Waals surface area contributed by atoms with Crippen molar-refractivity contribution in [2.75, 3.05) is 32.8 Å². The van der Waals surface area contributed by atoms with E-state index in [0.29, 0.717) is 0 Å². The summed E-state index contributed by atoms with van der Waals surface area (Å²) in [6.07, 6.45) is 8.06. The second-order valence-corrected chi connectivity index (χ2v) is 6.24. The number of aliphatic imine (C=N–C) groups is 1. The van der Waals surface area contributed by atoms with Crippen LogP contribution >= 0.6 is 0 Å². The minimum atomic E-state index is 0.0787. The molecule has 1 saturated carbocycles. The normalized spacial score (nSPS) is 23.5. The van der Waals surface area contributed by atoms with Gasteiger partial charge in [0.2, 0.25) is 0 Å². The third kappa shape index (κ3) is 3.61. The zero-order valence-corrected chi connectivity index (χ0v) is 13.7. The van der Waals surface area contributed by atoms with Crippen molar-refractivity contribution < 1.29 is 4.74 Å². The van der Waals surface area contributed by atoms with Crippen molar-refractivity contribution >= 4 is 5.96 Å². The molecule has 1 atom stereocenters. The first-order chi connectivity index (χ1) is 10.8. The van der Waals surface area contributed by atoms with Gasteiger partial charge in [-0.1, -0.05) is 6.42 Å². The Morgan fingerprint density at radius 2 is 2.36 bits per heavy atom. The van der Waals surface area contributed by atoms with Crippen molar-refractivity contribution in [3.63, 3.8) is 0 Å². The molecule has 2 fully saturated rings. The largest absolute Gasteiger partial charge is 0.370 e. The Balaban J connectivity index is 1.64. The van der Waals surface area contributed by atoms with Crippen molar-refractivity contribution in [2.24, 2.45) is 18.0 Å². The molecule has 0 radical (unpaired) electrons. The Morgan fingerprint density at radius 3 is 3.00 bits per heavy atom. The molecule has 2 heterocycles. The van der Waals surface area contributed by atoms with Crippen LogP contribution in [0.25, 0.3) is 0 Å². The van der Waals surface area contributed by atoms with Gasteiger partial charge in [-0.15, -0.1) is 0 Å². The van der Waals surface area contributed by atoms with Crippen LogP contribution in [0.5, 0.6) is 0 Å². The van der Waals surface area contributed by atoms with Gasteiger partial charge in [0.15, 0.2) is 5.96 Å². The fraction of sp³-hybridized carbons (Fsp3) is 0.750. The van der Waals surface area contributed by atoms with Crippen LogP contribution in [0.4, 0.5) is 0 Å². The highest BCUT2D eigenvalue weighted by molar-refractivity contribution is 5.80. The highest BCUT2D eigenvalue weighted by Gasteiger charge is 2.25. The second kappa shape index (κ2) is 7.13. The first-order valence-corrected chi connectivity index (χ1v) is 8.39. The number of guanidine groups is 1. The van der Waals surface area contributed by atoms with Crippen molar-refractivity contribution in [3.05, 3.63) is 18.0 Å². The lowest BCUT2D eigenvalue weighted by atomic mass is 9.86. The number of rotatable bonds is 4. The quantitative estimate of drug-likeness (QED) is 0.677. The van der Waals surface area contributed by atoms with E-state index in [0.717, 1.165) is 50.2 Å². The average molecular weight is 305 g/mol. The lowest BCUT2D eigenvalue weighted by Gasteiger charge is -2.35. The van der Waals surface area contributed by atoms with E-state index >= 15 is 0 Å². The third-order valence-electron chi connectivity index (χ3n) is 4.52. The maximum absolute atomic E-state index is 5.92. The van der Waals surface area contributed by atoms with Gasteiger partial charge >= 0.3 is 0 Å². The highest BCUT2D eigenvalue weighted by atomic mass is 16.5. The average Bonchev–Trinajstić information content (AvgIpc) is 2.91. The van der Waals surface area contributed by atoms with Crippen LogP contribution in [0, 0.1) is 5.92 Å². The van der Waals surface area contributed by atoms with Gasteiger partial charge in [-0.3, -0.25) is 9.67 Å². The number of aryl methyl sites for hydroxylation is 1. The number of nitrogens with zero attached hydrogens (tertiary/aromatic N) is 4. The topological polar surface area (TPSA) is 54.7 Å². The van der Waals surface area contributed by atoms with Crippen LogP contribution in [0.3, 0.4) is 0 Å². The molecule has 6 heteroatoms. The van der Waals surface area contributed by atoms with E-state index in [2.05, 4.69) is 22.2 Å². The highest BCUT2D eigenvalue weighted by Crippen LogP contribution is 2.26. The van der Waals surface area contributed by atoms with E-state index in [4.69, 9.17) is 9.73 Å². The summed E-state index contributed by atoms with van der Waals surface area (Å²) in [5.74, 6) is 1.83. The predicted molar refractivity (Wildman–Crippen MR) is 86.8 cm³/mol. The van der Waals surface area contributed by atoms with Crippen LogP contribution in [0.15, 0.2) is 17.4 Å². The Hall–Kier alpha value is -1.56. The third-order valence-corrected chi connectivity index (χ3v) is 4.52. The molecule has 0 bridgehead atoms. The number of nitrogens with one attached hydrogen (secondary N) is 1. The van der Waals surface area contributed by atoms with E-state index in [1.807, 2.05) is 24.1 Å². The van der Waals surface area contributed by atoms with Gasteiger partial charge in [0.1, 0.15) is 6.10 Å². The van der Waals surface area contributed by atoms with Crippen molar-refractivity contribution in [2.45, 2.75) is 32.3 Å². The van der Waals surface area contributed by atoms with Crippen molar-refractivity contribution in [1.29, 1.82) is 0 Å². The van der Waals surface area contributed by atoms with Crippen LogP contribution < -0.4 is 5.32 Å². The SMILES string of the molecule is CCNC(=NCC1CCC1)N1CCOC(c2cnn(C)c2)C1. The number of morpholine rings is 1. The first kappa shape index (κ1) is 15.3. The van der Waals surface area contributed by atoms with Crippen LogP contribution in [0.2, 0.25) is 0 Å². The van der Waals surface area contributed by atoms with Gasteiger partial charge in [-0.25, -0.2) is 0 Å². The summed E-state index contributed by atoms with van der Waals surface area (Å²) in [6, 6.07) is 0. The standard InChI is InChI=1S/C16H27N5O/c1-3-17-16(18-9-13-5-4-6-13)21-7-8-22-15(12-21)14-10-19-20(2)11-14/h10-11,13,15H,3-9,12H2,1-2H3,(H,17,18). The summed E-state index contributed by atoms with van der Waals surface area (Å²) < 4.78 is 7.74.